The van der Waals surface area contributed by atoms with E-state index in [2.05, 4.69) is 22.2 Å². The third kappa shape index (κ3) is 3.47. The van der Waals surface area contributed by atoms with Crippen LogP contribution < -0.4 is 10.2 Å². The molecular weight excluding hydrogens is 289 g/mol. The van der Waals surface area contributed by atoms with E-state index in [0.29, 0.717) is 17.6 Å². The van der Waals surface area contributed by atoms with Crippen LogP contribution in [0.5, 0.6) is 0 Å². The van der Waals surface area contributed by atoms with Gasteiger partial charge in [0.1, 0.15) is 11.6 Å². The van der Waals surface area contributed by atoms with Gasteiger partial charge in [-0.2, -0.15) is 24.9 Å². The Morgan fingerprint density at radius 3 is 2.80 bits per heavy atom. The molecule has 0 bridgehead atoms. The first-order valence-electron chi connectivity index (χ1n) is 6.44. The Kier molecular flexibility index (Phi) is 4.62. The number of anilines is 2. The highest BCUT2D eigenvalue weighted by atomic mass is 32.2. The van der Waals surface area contributed by atoms with Gasteiger partial charge in [0, 0.05) is 37.2 Å². The summed E-state index contributed by atoms with van der Waals surface area (Å²) in [6.45, 7) is 3.51. The molecule has 0 spiro atoms. The summed E-state index contributed by atoms with van der Waals surface area (Å²) in [7, 11) is 1.55. The molecule has 0 saturated carbocycles. The molecule has 1 aromatic heterocycles. The molecule has 1 aliphatic rings. The van der Waals surface area contributed by atoms with Crippen LogP contribution in [0.2, 0.25) is 0 Å². The van der Waals surface area contributed by atoms with Crippen molar-refractivity contribution in [1.82, 2.24) is 9.97 Å². The van der Waals surface area contributed by atoms with E-state index in [9.17, 15) is 13.2 Å². The van der Waals surface area contributed by atoms with Crippen molar-refractivity contribution < 1.29 is 13.2 Å². The topological polar surface area (TPSA) is 41.0 Å². The Hall–Kier alpha value is -1.18. The van der Waals surface area contributed by atoms with Crippen LogP contribution in [0, 0.1) is 0 Å². The van der Waals surface area contributed by atoms with E-state index in [1.807, 2.05) is 16.7 Å². The number of thioether (sulfide) groups is 1. The van der Waals surface area contributed by atoms with E-state index in [4.69, 9.17) is 0 Å². The average Bonchev–Trinajstić information content (AvgIpc) is 2.46. The molecule has 112 valence electrons. The van der Waals surface area contributed by atoms with Crippen LogP contribution in [0.15, 0.2) is 6.07 Å². The molecule has 1 saturated heterocycles. The molecule has 1 unspecified atom stereocenters. The van der Waals surface area contributed by atoms with Crippen molar-refractivity contribution in [2.75, 3.05) is 36.1 Å². The van der Waals surface area contributed by atoms with E-state index in [0.717, 1.165) is 18.7 Å². The highest BCUT2D eigenvalue weighted by Gasteiger charge is 2.36. The van der Waals surface area contributed by atoms with E-state index in [1.54, 1.807) is 13.1 Å². The molecule has 8 heteroatoms. The van der Waals surface area contributed by atoms with Crippen LogP contribution in [0.4, 0.5) is 24.8 Å². The Bertz CT molecular complexity index is 467. The van der Waals surface area contributed by atoms with Gasteiger partial charge in [0.2, 0.25) is 5.82 Å². The molecule has 4 nitrogen and oxygen atoms in total. The van der Waals surface area contributed by atoms with E-state index >= 15 is 0 Å². The molecule has 2 heterocycles. The fraction of sp³-hybridized carbons (Fsp3) is 0.667. The lowest BCUT2D eigenvalue weighted by molar-refractivity contribution is -0.144. The van der Waals surface area contributed by atoms with Gasteiger partial charge in [0.05, 0.1) is 0 Å². The number of hydrogen-bond acceptors (Lipinski definition) is 5. The molecular formula is C12H17F3N4S. The number of halogens is 3. The third-order valence-electron chi connectivity index (χ3n) is 3.14. The van der Waals surface area contributed by atoms with E-state index < -0.39 is 12.0 Å². The number of aromatic nitrogens is 2. The largest absolute Gasteiger partial charge is 0.451 e. The lowest BCUT2D eigenvalue weighted by atomic mass is 10.3. The van der Waals surface area contributed by atoms with Crippen LogP contribution in [-0.4, -0.2) is 41.1 Å². The Balaban J connectivity index is 2.30. The number of nitrogens with one attached hydrogen (secondary N) is 1. The zero-order valence-corrected chi connectivity index (χ0v) is 12.2. The van der Waals surface area contributed by atoms with Crippen molar-refractivity contribution in [2.24, 2.45) is 0 Å². The highest BCUT2D eigenvalue weighted by molar-refractivity contribution is 8.00. The molecule has 0 amide bonds. The van der Waals surface area contributed by atoms with Gasteiger partial charge in [-0.15, -0.1) is 0 Å². The average molecular weight is 306 g/mol. The molecule has 1 aliphatic heterocycles. The smallest absolute Gasteiger partial charge is 0.373 e. The van der Waals surface area contributed by atoms with Crippen LogP contribution >= 0.6 is 11.8 Å². The Morgan fingerprint density at radius 1 is 1.45 bits per heavy atom. The zero-order valence-electron chi connectivity index (χ0n) is 11.4. The molecule has 1 fully saturated rings. The van der Waals surface area contributed by atoms with Gasteiger partial charge in [-0.05, 0) is 6.42 Å². The van der Waals surface area contributed by atoms with Crippen LogP contribution in [0.1, 0.15) is 19.2 Å². The molecule has 20 heavy (non-hydrogen) atoms. The molecule has 1 aromatic rings. The summed E-state index contributed by atoms with van der Waals surface area (Å²) in [5, 5.41) is 3.10. The molecule has 0 aliphatic carbocycles. The maximum absolute atomic E-state index is 12.8. The fourth-order valence-corrected chi connectivity index (χ4v) is 3.21. The quantitative estimate of drug-likeness (QED) is 0.930. The summed E-state index contributed by atoms with van der Waals surface area (Å²) < 4.78 is 38.5. The lowest BCUT2D eigenvalue weighted by Gasteiger charge is -2.33. The Morgan fingerprint density at radius 2 is 2.20 bits per heavy atom. The van der Waals surface area contributed by atoms with Crippen molar-refractivity contribution in [2.45, 2.75) is 24.8 Å². The number of hydrogen-bond donors (Lipinski definition) is 1. The SMILES string of the molecule is CCC1CN(c2cc(NC)nc(C(F)(F)F)n2)CCS1. The van der Waals surface area contributed by atoms with Crippen LogP contribution in [0.25, 0.3) is 0 Å². The summed E-state index contributed by atoms with van der Waals surface area (Å²) in [5.41, 5.74) is 0. The monoisotopic (exact) mass is 306 g/mol. The second-order valence-corrected chi connectivity index (χ2v) is 5.94. The van der Waals surface area contributed by atoms with Gasteiger partial charge in [-0.1, -0.05) is 6.92 Å². The zero-order chi connectivity index (χ0) is 14.8. The maximum atomic E-state index is 12.8. The minimum absolute atomic E-state index is 0.189. The summed E-state index contributed by atoms with van der Waals surface area (Å²) >= 11 is 1.86. The second kappa shape index (κ2) is 6.07. The van der Waals surface area contributed by atoms with E-state index in [-0.39, 0.29) is 5.82 Å². The van der Waals surface area contributed by atoms with Crippen molar-refractivity contribution in [3.05, 3.63) is 11.9 Å². The predicted octanol–water partition coefficient (Wildman–Crippen LogP) is 2.87. The van der Waals surface area contributed by atoms with Crippen LogP contribution in [0.3, 0.4) is 0 Å². The number of nitrogens with zero attached hydrogens (tertiary/aromatic N) is 3. The second-order valence-electron chi connectivity index (χ2n) is 4.53. The minimum atomic E-state index is -4.53. The fourth-order valence-electron chi connectivity index (χ4n) is 2.03. The molecule has 2 rings (SSSR count). The van der Waals surface area contributed by atoms with Gasteiger partial charge >= 0.3 is 6.18 Å². The predicted molar refractivity (Wildman–Crippen MR) is 75.3 cm³/mol. The standard InChI is InChI=1S/C12H17F3N4S/c1-3-8-7-19(4-5-20-8)10-6-9(16-2)17-11(18-10)12(13,14)15/h6,8H,3-5,7H2,1-2H3,(H,16,17,18). The third-order valence-corrected chi connectivity index (χ3v) is 4.51. The molecule has 1 N–H and O–H groups in total. The summed E-state index contributed by atoms with van der Waals surface area (Å²) in [5.74, 6) is 0.341. The first-order chi connectivity index (χ1) is 9.44. The maximum Gasteiger partial charge on any atom is 0.451 e. The Labute approximate surface area is 120 Å². The minimum Gasteiger partial charge on any atom is -0.373 e. The lowest BCUT2D eigenvalue weighted by Crippen LogP contribution is -2.38. The molecule has 1 atom stereocenters. The van der Waals surface area contributed by atoms with Crippen molar-refractivity contribution in [1.29, 1.82) is 0 Å². The summed E-state index contributed by atoms with van der Waals surface area (Å²) in [4.78, 5) is 9.07. The van der Waals surface area contributed by atoms with Gasteiger partial charge in [0.25, 0.3) is 0 Å². The summed E-state index contributed by atoms with van der Waals surface area (Å²) in [6.07, 6.45) is -3.53. The van der Waals surface area contributed by atoms with Crippen LogP contribution in [-0.2, 0) is 6.18 Å². The van der Waals surface area contributed by atoms with Crippen molar-refractivity contribution >= 4 is 23.4 Å². The molecule has 0 radical (unpaired) electrons. The highest BCUT2D eigenvalue weighted by Crippen LogP contribution is 2.31. The first-order valence-corrected chi connectivity index (χ1v) is 7.49. The summed E-state index contributed by atoms with van der Waals surface area (Å²) in [6, 6.07) is 1.57. The van der Waals surface area contributed by atoms with Gasteiger partial charge < -0.3 is 10.2 Å². The number of alkyl halides is 3. The van der Waals surface area contributed by atoms with E-state index in [1.165, 1.54) is 0 Å². The number of rotatable bonds is 3. The normalized spacial score (nSPS) is 20.1. The van der Waals surface area contributed by atoms with Crippen molar-refractivity contribution in [3.63, 3.8) is 0 Å². The van der Waals surface area contributed by atoms with Gasteiger partial charge in [-0.3, -0.25) is 0 Å². The van der Waals surface area contributed by atoms with Crippen molar-refractivity contribution in [3.8, 4) is 0 Å². The first kappa shape index (κ1) is 15.2. The molecule has 0 aromatic carbocycles. The van der Waals surface area contributed by atoms with Gasteiger partial charge in [0.15, 0.2) is 0 Å². The van der Waals surface area contributed by atoms with Gasteiger partial charge in [-0.25, -0.2) is 9.97 Å².